The molecule has 1 aromatic carbocycles. The van der Waals surface area contributed by atoms with Gasteiger partial charge < -0.3 is 5.73 Å². The van der Waals surface area contributed by atoms with Crippen molar-refractivity contribution < 1.29 is 8.42 Å². The van der Waals surface area contributed by atoms with E-state index in [1.165, 1.54) is 12.1 Å². The van der Waals surface area contributed by atoms with Crippen LogP contribution in [0.15, 0.2) is 23.1 Å². The highest BCUT2D eigenvalue weighted by atomic mass is 35.5. The van der Waals surface area contributed by atoms with Crippen molar-refractivity contribution in [1.82, 2.24) is 4.31 Å². The summed E-state index contributed by atoms with van der Waals surface area (Å²) in [4.78, 5) is 0.161. The van der Waals surface area contributed by atoms with E-state index >= 15 is 0 Å². The minimum absolute atomic E-state index is 0.161. The standard InChI is InChI=1S/C13H19ClN2O2S/c1-2-10-4-3-7-16(9-10)19(17,18)13-6-5-11(14)8-12(13)15/h5-6,8,10H,2-4,7,9,15H2,1H3. The van der Waals surface area contributed by atoms with Gasteiger partial charge in [0.15, 0.2) is 0 Å². The Labute approximate surface area is 119 Å². The topological polar surface area (TPSA) is 63.4 Å². The van der Waals surface area contributed by atoms with Crippen LogP contribution < -0.4 is 5.73 Å². The van der Waals surface area contributed by atoms with E-state index in [2.05, 4.69) is 6.92 Å². The third-order valence-corrected chi connectivity index (χ3v) is 5.82. The lowest BCUT2D eigenvalue weighted by Crippen LogP contribution is -2.39. The number of rotatable bonds is 3. The van der Waals surface area contributed by atoms with Crippen LogP contribution in [0.25, 0.3) is 0 Å². The fourth-order valence-electron chi connectivity index (χ4n) is 2.47. The Hall–Kier alpha value is -0.780. The summed E-state index contributed by atoms with van der Waals surface area (Å²) in [5.41, 5.74) is 6.01. The molecule has 1 saturated heterocycles. The first-order valence-electron chi connectivity index (χ1n) is 6.50. The third kappa shape index (κ3) is 3.04. The van der Waals surface area contributed by atoms with Gasteiger partial charge in [0.1, 0.15) is 4.90 Å². The second-order valence-corrected chi connectivity index (χ2v) is 7.30. The summed E-state index contributed by atoms with van der Waals surface area (Å²) in [6.07, 6.45) is 3.01. The Morgan fingerprint density at radius 1 is 1.47 bits per heavy atom. The number of nitrogens with two attached hydrogens (primary N) is 1. The van der Waals surface area contributed by atoms with Crippen LogP contribution in [0.5, 0.6) is 0 Å². The zero-order chi connectivity index (χ0) is 14.0. The average molecular weight is 303 g/mol. The second-order valence-electron chi connectivity index (χ2n) is 4.96. The van der Waals surface area contributed by atoms with Gasteiger partial charge >= 0.3 is 0 Å². The summed E-state index contributed by atoms with van der Waals surface area (Å²) in [7, 11) is -3.50. The number of benzene rings is 1. The molecule has 0 saturated carbocycles. The molecule has 2 N–H and O–H groups in total. The maximum Gasteiger partial charge on any atom is 0.245 e. The van der Waals surface area contributed by atoms with E-state index in [0.717, 1.165) is 19.3 Å². The Morgan fingerprint density at radius 2 is 2.21 bits per heavy atom. The lowest BCUT2D eigenvalue weighted by atomic mass is 9.97. The van der Waals surface area contributed by atoms with Crippen molar-refractivity contribution in [2.45, 2.75) is 31.1 Å². The second kappa shape index (κ2) is 5.69. The van der Waals surface area contributed by atoms with Gasteiger partial charge in [0.25, 0.3) is 0 Å². The quantitative estimate of drug-likeness (QED) is 0.873. The van der Waals surface area contributed by atoms with E-state index in [-0.39, 0.29) is 10.6 Å². The number of sulfonamides is 1. The fourth-order valence-corrected chi connectivity index (χ4v) is 4.30. The number of piperidine rings is 1. The lowest BCUT2D eigenvalue weighted by molar-refractivity contribution is 0.261. The summed E-state index contributed by atoms with van der Waals surface area (Å²) in [5.74, 6) is 0.442. The number of anilines is 1. The smallest absolute Gasteiger partial charge is 0.245 e. The van der Waals surface area contributed by atoms with Crippen molar-refractivity contribution in [3.63, 3.8) is 0 Å². The molecule has 1 aliphatic heterocycles. The monoisotopic (exact) mass is 302 g/mol. The van der Waals surface area contributed by atoms with Crippen molar-refractivity contribution in [2.75, 3.05) is 18.8 Å². The molecule has 1 unspecified atom stereocenters. The van der Waals surface area contributed by atoms with Gasteiger partial charge in [0.2, 0.25) is 10.0 Å². The van der Waals surface area contributed by atoms with Gasteiger partial charge in [-0.25, -0.2) is 8.42 Å². The maximum absolute atomic E-state index is 12.6. The van der Waals surface area contributed by atoms with Gasteiger partial charge in [-0.15, -0.1) is 0 Å². The van der Waals surface area contributed by atoms with E-state index in [1.54, 1.807) is 10.4 Å². The summed E-state index contributed by atoms with van der Waals surface area (Å²) in [6.45, 7) is 3.25. The number of hydrogen-bond donors (Lipinski definition) is 1. The SMILES string of the molecule is CCC1CCCN(S(=O)(=O)c2ccc(Cl)cc2N)C1. The molecule has 1 fully saturated rings. The summed E-state index contributed by atoms with van der Waals surface area (Å²) >= 11 is 5.81. The maximum atomic E-state index is 12.6. The Balaban J connectivity index is 2.31. The van der Waals surface area contributed by atoms with Crippen LogP contribution in [0.4, 0.5) is 5.69 Å². The average Bonchev–Trinajstić information content (AvgIpc) is 2.38. The molecule has 2 rings (SSSR count). The Morgan fingerprint density at radius 3 is 2.84 bits per heavy atom. The zero-order valence-electron chi connectivity index (χ0n) is 11.0. The van der Waals surface area contributed by atoms with Crippen molar-refractivity contribution in [2.24, 2.45) is 5.92 Å². The first kappa shape index (κ1) is 14.6. The number of nitrogens with zero attached hydrogens (tertiary/aromatic N) is 1. The molecule has 4 nitrogen and oxygen atoms in total. The summed E-state index contributed by atoms with van der Waals surface area (Å²) in [6, 6.07) is 4.53. The van der Waals surface area contributed by atoms with Crippen molar-refractivity contribution in [3.05, 3.63) is 23.2 Å². The molecule has 0 bridgehead atoms. The van der Waals surface area contributed by atoms with Crippen LogP contribution in [0.1, 0.15) is 26.2 Å². The number of hydrogen-bond acceptors (Lipinski definition) is 3. The predicted octanol–water partition coefficient (Wildman–Crippen LogP) is 2.73. The van der Waals surface area contributed by atoms with Gasteiger partial charge in [-0.2, -0.15) is 4.31 Å². The Bertz CT molecular complexity index is 560. The van der Waals surface area contributed by atoms with Gasteiger partial charge in [0, 0.05) is 18.1 Å². The normalized spacial score (nSPS) is 21.5. The minimum Gasteiger partial charge on any atom is -0.398 e. The highest BCUT2D eigenvalue weighted by molar-refractivity contribution is 7.89. The molecule has 0 aromatic heterocycles. The fraction of sp³-hybridized carbons (Fsp3) is 0.538. The van der Waals surface area contributed by atoms with Gasteiger partial charge in [-0.05, 0) is 37.0 Å². The number of halogens is 1. The van der Waals surface area contributed by atoms with Gasteiger partial charge in [-0.3, -0.25) is 0 Å². The van der Waals surface area contributed by atoms with E-state index in [0.29, 0.717) is 24.0 Å². The molecule has 19 heavy (non-hydrogen) atoms. The minimum atomic E-state index is -3.50. The molecule has 0 spiro atoms. The zero-order valence-corrected chi connectivity index (χ0v) is 12.5. The van der Waals surface area contributed by atoms with Crippen molar-refractivity contribution >= 4 is 27.3 Å². The van der Waals surface area contributed by atoms with Crippen LogP contribution in [-0.4, -0.2) is 25.8 Å². The Kier molecular flexibility index (Phi) is 4.38. The van der Waals surface area contributed by atoms with Crippen molar-refractivity contribution in [1.29, 1.82) is 0 Å². The molecule has 106 valence electrons. The molecule has 1 aromatic rings. The van der Waals surface area contributed by atoms with Crippen LogP contribution in [0, 0.1) is 5.92 Å². The van der Waals surface area contributed by atoms with Crippen molar-refractivity contribution in [3.8, 4) is 0 Å². The molecular weight excluding hydrogens is 284 g/mol. The largest absolute Gasteiger partial charge is 0.398 e. The van der Waals surface area contributed by atoms with Crippen LogP contribution in [0.2, 0.25) is 5.02 Å². The molecule has 1 atom stereocenters. The highest BCUT2D eigenvalue weighted by Crippen LogP contribution is 2.29. The lowest BCUT2D eigenvalue weighted by Gasteiger charge is -2.31. The highest BCUT2D eigenvalue weighted by Gasteiger charge is 2.30. The van der Waals surface area contributed by atoms with E-state index in [4.69, 9.17) is 17.3 Å². The summed E-state index contributed by atoms with van der Waals surface area (Å²) in [5, 5.41) is 0.446. The van der Waals surface area contributed by atoms with E-state index < -0.39 is 10.0 Å². The molecule has 0 radical (unpaired) electrons. The molecule has 0 amide bonds. The predicted molar refractivity (Wildman–Crippen MR) is 77.6 cm³/mol. The van der Waals surface area contributed by atoms with Gasteiger partial charge in [-0.1, -0.05) is 24.9 Å². The summed E-state index contributed by atoms with van der Waals surface area (Å²) < 4.78 is 26.7. The molecule has 1 aliphatic rings. The third-order valence-electron chi connectivity index (χ3n) is 3.65. The number of nitrogen functional groups attached to an aromatic ring is 1. The first-order chi connectivity index (χ1) is 8.95. The molecule has 1 heterocycles. The van der Waals surface area contributed by atoms with Gasteiger partial charge in [0.05, 0.1) is 5.69 Å². The molecule has 0 aliphatic carbocycles. The molecule has 6 heteroatoms. The molecular formula is C13H19ClN2O2S. The first-order valence-corrected chi connectivity index (χ1v) is 8.32. The van der Waals surface area contributed by atoms with Crippen LogP contribution >= 0.6 is 11.6 Å². The van der Waals surface area contributed by atoms with Crippen LogP contribution in [-0.2, 0) is 10.0 Å². The van der Waals surface area contributed by atoms with Crippen LogP contribution in [0.3, 0.4) is 0 Å². The van der Waals surface area contributed by atoms with E-state index in [1.807, 2.05) is 0 Å². The van der Waals surface area contributed by atoms with E-state index in [9.17, 15) is 8.42 Å².